The number of nitrogens with zero attached hydrogens (tertiary/aromatic N) is 6. The van der Waals surface area contributed by atoms with Crippen molar-refractivity contribution < 1.29 is 49.7 Å². The number of rotatable bonds is 4. The fourth-order valence-electron chi connectivity index (χ4n) is 9.06. The molecular weight excluding hydrogens is 842 g/mol. The number of carbonyl (C=O) groups excluding carboxylic acids is 1. The number of benzene rings is 1. The van der Waals surface area contributed by atoms with Crippen molar-refractivity contribution in [2.75, 3.05) is 36.9 Å². The Kier molecular flexibility index (Phi) is 8.78. The minimum atomic E-state index is -5.50. The van der Waals surface area contributed by atoms with Crippen molar-refractivity contribution in [1.29, 1.82) is 0 Å². The molecule has 2 N–H and O–H groups in total. The minimum absolute atomic E-state index is 0.0470. The lowest BCUT2D eigenvalue weighted by Gasteiger charge is -2.48. The fraction of sp³-hybridized carbons (Fsp3) is 0.600. The average molecular weight is 880 g/mol. The summed E-state index contributed by atoms with van der Waals surface area (Å²) in [6.45, 7) is 7.99. The van der Waals surface area contributed by atoms with Gasteiger partial charge in [-0.15, -0.1) is 0 Å². The molecule has 0 aliphatic carbocycles. The van der Waals surface area contributed by atoms with Crippen LogP contribution in [0.4, 0.5) is 47.0 Å². The van der Waals surface area contributed by atoms with Gasteiger partial charge in [0.25, 0.3) is 0 Å². The van der Waals surface area contributed by atoms with E-state index in [0.717, 1.165) is 6.42 Å². The molecule has 3 aromatic rings. The maximum atomic E-state index is 17.1. The number of ether oxygens (including phenoxy) is 3. The molecule has 4 fully saturated rings. The summed E-state index contributed by atoms with van der Waals surface area (Å²) in [6, 6.07) is -1.82. The number of pyridine rings is 1. The highest BCUT2D eigenvalue weighted by Crippen LogP contribution is 2.50. The molecule has 5 aliphatic rings. The second-order valence-electron chi connectivity index (χ2n) is 15.8. The number of amides is 1. The summed E-state index contributed by atoms with van der Waals surface area (Å²) in [7, 11) is 0. The first kappa shape index (κ1) is 37.3. The Morgan fingerprint density at radius 2 is 1.81 bits per heavy atom. The first-order valence-electron chi connectivity index (χ1n) is 17.7. The summed E-state index contributed by atoms with van der Waals surface area (Å²) in [5.74, 6) is -5.93. The van der Waals surface area contributed by atoms with E-state index >= 15 is 8.78 Å². The molecule has 19 heteroatoms. The first-order valence-corrected chi connectivity index (χ1v) is 18.8. The summed E-state index contributed by atoms with van der Waals surface area (Å²) in [6.07, 6.45) is -5.13. The van der Waals surface area contributed by atoms with E-state index in [1.807, 2.05) is 9.80 Å². The van der Waals surface area contributed by atoms with Crippen molar-refractivity contribution in [3.8, 4) is 23.1 Å². The van der Waals surface area contributed by atoms with Crippen molar-refractivity contribution in [1.82, 2.24) is 24.8 Å². The van der Waals surface area contributed by atoms with Crippen LogP contribution in [0.3, 0.4) is 0 Å². The van der Waals surface area contributed by atoms with Crippen molar-refractivity contribution >= 4 is 51.1 Å². The van der Waals surface area contributed by atoms with Crippen LogP contribution in [0.2, 0.25) is 0 Å². The van der Waals surface area contributed by atoms with Gasteiger partial charge in [-0.1, -0.05) is 0 Å². The highest BCUT2D eigenvalue weighted by molar-refractivity contribution is 14.1. The molecule has 11 nitrogen and oxygen atoms in total. The number of aromatic nitrogens is 3. The molecule has 0 unspecified atom stereocenters. The number of fused-ring (bicyclic) bond motifs is 6. The Balaban J connectivity index is 1.32. The van der Waals surface area contributed by atoms with Crippen molar-refractivity contribution in [2.45, 2.75) is 108 Å². The zero-order valence-corrected chi connectivity index (χ0v) is 31.8. The fourth-order valence-corrected chi connectivity index (χ4v) is 9.83. The predicted molar refractivity (Wildman–Crippen MR) is 189 cm³/mol. The van der Waals surface area contributed by atoms with Gasteiger partial charge >= 0.3 is 18.3 Å². The number of carbonyl (C=O) groups is 1. The monoisotopic (exact) mass is 879 g/mol. The van der Waals surface area contributed by atoms with Gasteiger partial charge in [0.1, 0.15) is 52.5 Å². The third kappa shape index (κ3) is 5.84. The van der Waals surface area contributed by atoms with Gasteiger partial charge in [0.05, 0.1) is 29.4 Å². The maximum Gasteiger partial charge on any atom is 0.420 e. The van der Waals surface area contributed by atoms with Gasteiger partial charge in [-0.25, -0.2) is 27.3 Å². The number of piperazine rings is 1. The van der Waals surface area contributed by atoms with E-state index in [1.165, 1.54) is 22.6 Å². The molecule has 7 heterocycles. The van der Waals surface area contributed by atoms with Gasteiger partial charge in [-0.3, -0.25) is 9.80 Å². The zero-order chi connectivity index (χ0) is 38.8. The van der Waals surface area contributed by atoms with Crippen LogP contribution in [0.15, 0.2) is 0 Å². The van der Waals surface area contributed by atoms with E-state index in [-0.39, 0.29) is 55.3 Å². The van der Waals surface area contributed by atoms with Crippen molar-refractivity contribution in [3.63, 3.8) is 0 Å². The Bertz CT molecular complexity index is 2070. The third-order valence-electron chi connectivity index (χ3n) is 11.2. The highest BCUT2D eigenvalue weighted by atomic mass is 127. The van der Waals surface area contributed by atoms with E-state index in [4.69, 9.17) is 24.9 Å². The normalized spacial score (nSPS) is 27.9. The molecule has 0 radical (unpaired) electrons. The van der Waals surface area contributed by atoms with Crippen molar-refractivity contribution in [2.24, 2.45) is 0 Å². The standard InChI is InChI=1S/C35H37F7IN7O4/c1-14-28-17-7-6-16(50(17)32(51)54-33(2,3)4)12-49(28)29-19-27(46-31(47-29)52-13-34-8-5-9-48(34)11-15(36)10-34)23(39)26(45-30(19)53-14)18-20(35(40,41)42)21(37)22(38)25(44)24(18)43/h14-17,28H,5-13,44H2,1-4H3/t14-,15+,16+,17-,28+,34-/m0/s1. The van der Waals surface area contributed by atoms with Gasteiger partial charge in [0.2, 0.25) is 5.88 Å². The molecule has 5 aliphatic heterocycles. The molecule has 1 aromatic carbocycles. The summed E-state index contributed by atoms with van der Waals surface area (Å²) in [4.78, 5) is 32.4. The summed E-state index contributed by atoms with van der Waals surface area (Å²) < 4.78 is 123. The number of alkyl halides is 4. The second kappa shape index (κ2) is 12.7. The number of nitrogens with two attached hydrogens (primary N) is 1. The molecule has 1 amide bonds. The van der Waals surface area contributed by atoms with Crippen LogP contribution >= 0.6 is 22.6 Å². The van der Waals surface area contributed by atoms with E-state index in [9.17, 15) is 26.7 Å². The van der Waals surface area contributed by atoms with Crippen LogP contribution in [-0.4, -0.2) is 98.6 Å². The lowest BCUT2D eigenvalue weighted by molar-refractivity contribution is -0.139. The van der Waals surface area contributed by atoms with E-state index in [2.05, 4.69) is 9.97 Å². The lowest BCUT2D eigenvalue weighted by Crippen LogP contribution is -2.65. The molecule has 8 rings (SSSR count). The van der Waals surface area contributed by atoms with Crippen LogP contribution in [0, 0.1) is 21.0 Å². The topological polar surface area (TPSA) is 119 Å². The molecule has 2 bridgehead atoms. The van der Waals surface area contributed by atoms with E-state index < -0.39 is 96.8 Å². The predicted octanol–water partition coefficient (Wildman–Crippen LogP) is 7.01. The van der Waals surface area contributed by atoms with Crippen LogP contribution in [0.25, 0.3) is 22.2 Å². The second-order valence-corrected chi connectivity index (χ2v) is 16.8. The largest absolute Gasteiger partial charge is 0.472 e. The Morgan fingerprint density at radius 1 is 1.07 bits per heavy atom. The molecule has 0 spiro atoms. The summed E-state index contributed by atoms with van der Waals surface area (Å²) in [5.41, 5.74) is -1.51. The number of hydrogen-bond donors (Lipinski definition) is 1. The lowest BCUT2D eigenvalue weighted by atomic mass is 9.95. The molecule has 292 valence electrons. The minimum Gasteiger partial charge on any atom is -0.472 e. The zero-order valence-electron chi connectivity index (χ0n) is 29.7. The van der Waals surface area contributed by atoms with Gasteiger partial charge in [0.15, 0.2) is 17.5 Å². The number of nitrogen functional groups attached to an aromatic ring is 1. The highest BCUT2D eigenvalue weighted by Gasteiger charge is 2.55. The summed E-state index contributed by atoms with van der Waals surface area (Å²) >= 11 is 1.30. The smallest absolute Gasteiger partial charge is 0.420 e. The van der Waals surface area contributed by atoms with Crippen molar-refractivity contribution in [3.05, 3.63) is 26.6 Å². The first-order chi connectivity index (χ1) is 25.3. The van der Waals surface area contributed by atoms with Crippen LogP contribution in [-0.2, 0) is 10.9 Å². The molecular formula is C35H37F7IN7O4. The molecule has 54 heavy (non-hydrogen) atoms. The van der Waals surface area contributed by atoms with Gasteiger partial charge in [-0.05, 0) is 82.5 Å². The molecule has 6 atom stereocenters. The van der Waals surface area contributed by atoms with E-state index in [1.54, 1.807) is 32.6 Å². The Hall–Kier alpha value is -3.62. The van der Waals surface area contributed by atoms with Gasteiger partial charge in [-0.2, -0.15) is 23.1 Å². The molecule has 4 saturated heterocycles. The SMILES string of the molecule is C[C@@H]1Oc2nc(-c3c(I)c(N)c(F)c(F)c3C(F)(F)F)c(F)c3nc(OC[C@@]45CCCN4C[C@H](F)C5)nc(c23)N2C[C@H]3CC[C@@H]([C@@H]12)N3C(=O)OC(C)(C)C. The number of halogens is 8. The van der Waals surface area contributed by atoms with Crippen LogP contribution < -0.4 is 20.1 Å². The number of hydrogen-bond acceptors (Lipinski definition) is 10. The maximum absolute atomic E-state index is 17.1. The third-order valence-corrected chi connectivity index (χ3v) is 12.3. The van der Waals surface area contributed by atoms with Crippen LogP contribution in [0.5, 0.6) is 11.9 Å². The Labute approximate surface area is 318 Å². The van der Waals surface area contributed by atoms with Gasteiger partial charge < -0.3 is 24.8 Å². The molecule has 2 aromatic heterocycles. The van der Waals surface area contributed by atoms with Gasteiger partial charge in [0, 0.05) is 28.6 Å². The van der Waals surface area contributed by atoms with E-state index in [0.29, 0.717) is 25.8 Å². The van der Waals surface area contributed by atoms with Crippen LogP contribution in [0.1, 0.15) is 65.4 Å². The quantitative estimate of drug-likeness (QED) is 0.127. The Morgan fingerprint density at radius 3 is 2.52 bits per heavy atom. The number of anilines is 2. The molecule has 0 saturated carbocycles. The summed E-state index contributed by atoms with van der Waals surface area (Å²) in [5, 5.41) is -0.0902. The average Bonchev–Trinajstić information content (AvgIpc) is 3.69.